The van der Waals surface area contributed by atoms with Crippen LogP contribution in [0.4, 0.5) is 11.4 Å². The second-order valence-electron chi connectivity index (χ2n) is 7.17. The number of piperidine rings is 1. The minimum absolute atomic E-state index is 0.0407. The maximum Gasteiger partial charge on any atom is 0.228 e. The minimum atomic E-state index is -0.0407. The van der Waals surface area contributed by atoms with E-state index in [2.05, 4.69) is 21.3 Å². The number of benzene rings is 2. The average Bonchev–Trinajstić information content (AvgIpc) is 2.75. The van der Waals surface area contributed by atoms with Crippen LogP contribution in [0.15, 0.2) is 54.9 Å². The number of hydrogen-bond acceptors (Lipinski definition) is 4. The highest BCUT2D eigenvalue weighted by atomic mass is 16.5. The predicted octanol–water partition coefficient (Wildman–Crippen LogP) is 4.41. The Hall–Kier alpha value is -3.08. The van der Waals surface area contributed by atoms with Crippen molar-refractivity contribution in [3.05, 3.63) is 60.4 Å². The van der Waals surface area contributed by atoms with Crippen molar-refractivity contribution >= 4 is 28.1 Å². The van der Waals surface area contributed by atoms with Crippen molar-refractivity contribution in [2.45, 2.75) is 25.7 Å². The van der Waals surface area contributed by atoms with Crippen molar-refractivity contribution in [3.63, 3.8) is 0 Å². The van der Waals surface area contributed by atoms with Crippen LogP contribution >= 0.6 is 0 Å². The molecular formula is C23H25N3O2. The van der Waals surface area contributed by atoms with Crippen LogP contribution in [0.5, 0.6) is 5.75 Å². The third kappa shape index (κ3) is 3.93. The Morgan fingerprint density at radius 1 is 1.04 bits per heavy atom. The molecule has 2 aromatic carbocycles. The first-order valence-corrected chi connectivity index (χ1v) is 9.79. The molecule has 1 amide bonds. The molecule has 0 unspecified atom stereocenters. The summed E-state index contributed by atoms with van der Waals surface area (Å²) in [4.78, 5) is 19.3. The Morgan fingerprint density at radius 2 is 1.82 bits per heavy atom. The number of nitrogens with zero attached hydrogens (tertiary/aromatic N) is 2. The van der Waals surface area contributed by atoms with E-state index in [-0.39, 0.29) is 5.91 Å². The van der Waals surface area contributed by atoms with Gasteiger partial charge in [0, 0.05) is 41.9 Å². The number of amides is 1. The van der Waals surface area contributed by atoms with Gasteiger partial charge in [0.15, 0.2) is 0 Å². The van der Waals surface area contributed by atoms with Crippen LogP contribution in [0.2, 0.25) is 0 Å². The molecule has 0 bridgehead atoms. The molecule has 5 heteroatoms. The van der Waals surface area contributed by atoms with Gasteiger partial charge in [-0.05, 0) is 55.2 Å². The summed E-state index contributed by atoms with van der Waals surface area (Å²) < 4.78 is 5.17. The fourth-order valence-electron chi connectivity index (χ4n) is 3.82. The molecule has 1 N–H and O–H groups in total. The van der Waals surface area contributed by atoms with Gasteiger partial charge in [0.25, 0.3) is 0 Å². The molecule has 5 nitrogen and oxygen atoms in total. The normalized spacial score (nSPS) is 14.1. The summed E-state index contributed by atoms with van der Waals surface area (Å²) in [6.07, 6.45) is 7.74. The number of pyridine rings is 1. The van der Waals surface area contributed by atoms with Gasteiger partial charge in [-0.3, -0.25) is 9.78 Å². The molecule has 144 valence electrons. The van der Waals surface area contributed by atoms with Gasteiger partial charge in [0.2, 0.25) is 5.91 Å². The number of fused-ring (bicyclic) bond motifs is 1. The van der Waals surface area contributed by atoms with E-state index in [1.807, 2.05) is 48.8 Å². The zero-order valence-electron chi connectivity index (χ0n) is 16.1. The number of hydrogen-bond donors (Lipinski definition) is 1. The Balaban J connectivity index is 1.55. The van der Waals surface area contributed by atoms with Crippen LogP contribution in [-0.2, 0) is 11.2 Å². The molecule has 1 fully saturated rings. The number of carbonyl (C=O) groups is 1. The molecule has 1 aromatic heterocycles. The summed E-state index contributed by atoms with van der Waals surface area (Å²) in [6.45, 7) is 2.17. The number of methoxy groups -OCH3 is 1. The topological polar surface area (TPSA) is 54.5 Å². The SMILES string of the molecule is COc1ccc(CC(=O)Nc2ccc(N3CCCCC3)c3ccncc23)cc1. The number of aromatic nitrogens is 1. The van der Waals surface area contributed by atoms with E-state index in [1.54, 1.807) is 7.11 Å². The Kier molecular flexibility index (Phi) is 5.42. The van der Waals surface area contributed by atoms with Gasteiger partial charge in [-0.1, -0.05) is 12.1 Å². The molecule has 28 heavy (non-hydrogen) atoms. The summed E-state index contributed by atoms with van der Waals surface area (Å²) >= 11 is 0. The molecule has 1 saturated heterocycles. The van der Waals surface area contributed by atoms with Crippen LogP contribution in [0.1, 0.15) is 24.8 Å². The quantitative estimate of drug-likeness (QED) is 0.717. The second-order valence-corrected chi connectivity index (χ2v) is 7.17. The molecule has 1 aliphatic rings. The van der Waals surface area contributed by atoms with Gasteiger partial charge in [0.05, 0.1) is 19.2 Å². The smallest absolute Gasteiger partial charge is 0.228 e. The van der Waals surface area contributed by atoms with Crippen molar-refractivity contribution in [2.24, 2.45) is 0 Å². The largest absolute Gasteiger partial charge is 0.497 e. The van der Waals surface area contributed by atoms with Crippen LogP contribution in [-0.4, -0.2) is 31.1 Å². The number of nitrogens with one attached hydrogen (secondary N) is 1. The molecular weight excluding hydrogens is 350 g/mol. The van der Waals surface area contributed by atoms with Crippen molar-refractivity contribution in [2.75, 3.05) is 30.4 Å². The second kappa shape index (κ2) is 8.30. The average molecular weight is 375 g/mol. The van der Waals surface area contributed by atoms with Crippen molar-refractivity contribution in [1.29, 1.82) is 0 Å². The van der Waals surface area contributed by atoms with Gasteiger partial charge in [-0.25, -0.2) is 0 Å². The van der Waals surface area contributed by atoms with Crippen molar-refractivity contribution < 1.29 is 9.53 Å². The van der Waals surface area contributed by atoms with Crippen LogP contribution in [0.25, 0.3) is 10.8 Å². The third-order valence-corrected chi connectivity index (χ3v) is 5.29. The fraction of sp³-hybridized carbons (Fsp3) is 0.304. The molecule has 0 atom stereocenters. The van der Waals surface area contributed by atoms with E-state index < -0.39 is 0 Å². The summed E-state index contributed by atoms with van der Waals surface area (Å²) in [6, 6.07) is 13.7. The molecule has 0 spiro atoms. The Bertz CT molecular complexity index is 963. The molecule has 0 saturated carbocycles. The van der Waals surface area contributed by atoms with Crippen LogP contribution in [0.3, 0.4) is 0 Å². The molecule has 4 rings (SSSR count). The molecule has 0 aliphatic carbocycles. The van der Waals surface area contributed by atoms with Gasteiger partial charge in [-0.15, -0.1) is 0 Å². The van der Waals surface area contributed by atoms with Crippen molar-refractivity contribution in [1.82, 2.24) is 4.98 Å². The van der Waals surface area contributed by atoms with E-state index in [9.17, 15) is 4.79 Å². The van der Waals surface area contributed by atoms with Gasteiger partial charge in [-0.2, -0.15) is 0 Å². The predicted molar refractivity (Wildman–Crippen MR) is 113 cm³/mol. The summed E-state index contributed by atoms with van der Waals surface area (Å²) in [5.74, 6) is 0.746. The summed E-state index contributed by atoms with van der Waals surface area (Å²) in [5, 5.41) is 5.18. The lowest BCUT2D eigenvalue weighted by atomic mass is 10.0. The highest BCUT2D eigenvalue weighted by molar-refractivity contribution is 6.06. The van der Waals surface area contributed by atoms with Crippen LogP contribution in [0, 0.1) is 0 Å². The lowest BCUT2D eigenvalue weighted by Crippen LogP contribution is -2.29. The van der Waals surface area contributed by atoms with E-state index >= 15 is 0 Å². The third-order valence-electron chi connectivity index (χ3n) is 5.29. The Morgan fingerprint density at radius 3 is 2.57 bits per heavy atom. The standard InChI is InChI=1S/C23H25N3O2/c1-28-18-7-5-17(6-8-18)15-23(27)25-21-9-10-22(26-13-3-2-4-14-26)19-11-12-24-16-20(19)21/h5-12,16H,2-4,13-15H2,1H3,(H,25,27). The monoisotopic (exact) mass is 375 g/mol. The maximum atomic E-state index is 12.6. The first-order valence-electron chi connectivity index (χ1n) is 9.79. The lowest BCUT2D eigenvalue weighted by molar-refractivity contribution is -0.115. The molecule has 3 aromatic rings. The van der Waals surface area contributed by atoms with Gasteiger partial charge < -0.3 is 15.0 Å². The van der Waals surface area contributed by atoms with E-state index in [4.69, 9.17) is 4.74 Å². The van der Waals surface area contributed by atoms with Crippen LogP contribution < -0.4 is 15.0 Å². The summed E-state index contributed by atoms with van der Waals surface area (Å²) in [7, 11) is 1.63. The first-order chi connectivity index (χ1) is 13.7. The molecule has 0 radical (unpaired) electrons. The fourth-order valence-corrected chi connectivity index (χ4v) is 3.82. The Labute approximate surface area is 165 Å². The highest BCUT2D eigenvalue weighted by Gasteiger charge is 2.16. The number of carbonyl (C=O) groups excluding carboxylic acids is 1. The minimum Gasteiger partial charge on any atom is -0.497 e. The first kappa shape index (κ1) is 18.3. The van der Waals surface area contributed by atoms with E-state index in [0.717, 1.165) is 40.9 Å². The number of ether oxygens (including phenoxy) is 1. The van der Waals surface area contributed by atoms with Gasteiger partial charge >= 0.3 is 0 Å². The number of anilines is 2. The lowest BCUT2D eigenvalue weighted by Gasteiger charge is -2.30. The van der Waals surface area contributed by atoms with E-state index in [0.29, 0.717) is 6.42 Å². The molecule has 2 heterocycles. The number of rotatable bonds is 5. The maximum absolute atomic E-state index is 12.6. The highest BCUT2D eigenvalue weighted by Crippen LogP contribution is 2.33. The van der Waals surface area contributed by atoms with Gasteiger partial charge in [0.1, 0.15) is 5.75 Å². The zero-order chi connectivity index (χ0) is 19.3. The molecule has 1 aliphatic heterocycles. The summed E-state index contributed by atoms with van der Waals surface area (Å²) in [5.41, 5.74) is 2.98. The van der Waals surface area contributed by atoms with Crippen molar-refractivity contribution in [3.8, 4) is 5.75 Å². The zero-order valence-corrected chi connectivity index (χ0v) is 16.1. The van der Waals surface area contributed by atoms with E-state index in [1.165, 1.54) is 24.9 Å².